The maximum absolute atomic E-state index is 13.6. The van der Waals surface area contributed by atoms with Crippen molar-refractivity contribution >= 4 is 5.91 Å². The number of hydrogen-bond acceptors (Lipinski definition) is 3. The van der Waals surface area contributed by atoms with Gasteiger partial charge < -0.3 is 15.0 Å². The Bertz CT molecular complexity index is 824. The molecule has 1 aliphatic rings. The fraction of sp³-hybridized carbons (Fsp3) is 0.381. The largest absolute Gasteiger partial charge is 0.573 e. The number of amides is 1. The summed E-state index contributed by atoms with van der Waals surface area (Å²) in [5.74, 6) is -0.516. The highest BCUT2D eigenvalue weighted by Gasteiger charge is 2.32. The summed E-state index contributed by atoms with van der Waals surface area (Å²) in [5, 5.41) is 3.20. The zero-order valence-corrected chi connectivity index (χ0v) is 15.7. The lowest BCUT2D eigenvalue weighted by atomic mass is 10.1. The van der Waals surface area contributed by atoms with Crippen LogP contribution in [-0.4, -0.2) is 29.8 Å². The van der Waals surface area contributed by atoms with Gasteiger partial charge in [-0.15, -0.1) is 13.2 Å². The number of alkyl halides is 3. The molecule has 1 N–H and O–H groups in total. The van der Waals surface area contributed by atoms with Crippen LogP contribution in [-0.2, 0) is 17.9 Å². The Labute approximate surface area is 166 Å². The molecule has 8 heteroatoms. The third-order valence-corrected chi connectivity index (χ3v) is 4.89. The molecule has 0 aliphatic carbocycles. The van der Waals surface area contributed by atoms with Gasteiger partial charge in [0, 0.05) is 31.1 Å². The molecule has 3 rings (SSSR count). The number of carbonyl (C=O) groups is 1. The van der Waals surface area contributed by atoms with E-state index < -0.39 is 6.36 Å². The summed E-state index contributed by atoms with van der Waals surface area (Å²) < 4.78 is 54.2. The van der Waals surface area contributed by atoms with Gasteiger partial charge in [-0.05, 0) is 43.1 Å². The van der Waals surface area contributed by atoms with E-state index in [1.54, 1.807) is 23.1 Å². The van der Waals surface area contributed by atoms with Crippen LogP contribution in [0.15, 0.2) is 48.5 Å². The molecule has 0 bridgehead atoms. The van der Waals surface area contributed by atoms with E-state index >= 15 is 0 Å². The van der Waals surface area contributed by atoms with E-state index in [1.165, 1.54) is 30.3 Å². The molecule has 29 heavy (non-hydrogen) atoms. The summed E-state index contributed by atoms with van der Waals surface area (Å²) in [5.41, 5.74) is 1.33. The van der Waals surface area contributed by atoms with E-state index in [-0.39, 0.29) is 23.5 Å². The Morgan fingerprint density at radius 1 is 1.10 bits per heavy atom. The standard InChI is InChI=1S/C21H22F4N2O2/c22-19-4-2-1-3-16(19)13-26-12-11-17-7-10-20(28)27(17)14-15-5-8-18(9-6-15)29-21(23,24)25/h1-6,8-9,17,26H,7,10-14H2. The lowest BCUT2D eigenvalue weighted by molar-refractivity contribution is -0.274. The average molecular weight is 410 g/mol. The first-order valence-electron chi connectivity index (χ1n) is 9.40. The fourth-order valence-corrected chi connectivity index (χ4v) is 3.44. The first-order chi connectivity index (χ1) is 13.8. The van der Waals surface area contributed by atoms with Crippen molar-refractivity contribution in [2.45, 2.75) is 44.8 Å². The van der Waals surface area contributed by atoms with Crippen LogP contribution in [0.25, 0.3) is 0 Å². The van der Waals surface area contributed by atoms with E-state index in [0.717, 1.165) is 18.4 Å². The Balaban J connectivity index is 1.50. The molecular weight excluding hydrogens is 388 g/mol. The lowest BCUT2D eigenvalue weighted by Crippen LogP contribution is -2.34. The molecule has 1 atom stereocenters. The highest BCUT2D eigenvalue weighted by atomic mass is 19.4. The maximum Gasteiger partial charge on any atom is 0.573 e. The highest BCUT2D eigenvalue weighted by molar-refractivity contribution is 5.78. The van der Waals surface area contributed by atoms with Crippen LogP contribution in [0.3, 0.4) is 0 Å². The molecule has 0 aromatic heterocycles. The number of benzene rings is 2. The molecule has 1 saturated heterocycles. The summed E-state index contributed by atoms with van der Waals surface area (Å²) >= 11 is 0. The summed E-state index contributed by atoms with van der Waals surface area (Å²) in [6.07, 6.45) is -2.83. The molecule has 1 fully saturated rings. The second kappa shape index (κ2) is 9.26. The monoisotopic (exact) mass is 410 g/mol. The zero-order chi connectivity index (χ0) is 20.9. The van der Waals surface area contributed by atoms with Crippen LogP contribution in [0.1, 0.15) is 30.4 Å². The minimum atomic E-state index is -4.73. The van der Waals surface area contributed by atoms with Crippen LogP contribution in [0.5, 0.6) is 5.75 Å². The molecule has 0 radical (unpaired) electrons. The van der Waals surface area contributed by atoms with Crippen LogP contribution in [0.2, 0.25) is 0 Å². The number of hydrogen-bond donors (Lipinski definition) is 1. The molecule has 1 amide bonds. The van der Waals surface area contributed by atoms with Crippen LogP contribution in [0, 0.1) is 5.82 Å². The first kappa shape index (κ1) is 21.1. The smallest absolute Gasteiger partial charge is 0.406 e. The van der Waals surface area contributed by atoms with Crippen molar-refractivity contribution in [2.75, 3.05) is 6.54 Å². The first-order valence-corrected chi connectivity index (χ1v) is 9.40. The molecule has 2 aromatic rings. The number of ether oxygens (including phenoxy) is 1. The Hall–Kier alpha value is -2.61. The molecule has 4 nitrogen and oxygen atoms in total. The van der Waals surface area contributed by atoms with E-state index in [4.69, 9.17) is 0 Å². The Morgan fingerprint density at radius 2 is 1.83 bits per heavy atom. The predicted octanol–water partition coefficient (Wildman–Crippen LogP) is 4.40. The fourth-order valence-electron chi connectivity index (χ4n) is 3.44. The van der Waals surface area contributed by atoms with Crippen molar-refractivity contribution in [1.82, 2.24) is 10.2 Å². The summed E-state index contributed by atoms with van der Waals surface area (Å²) in [7, 11) is 0. The van der Waals surface area contributed by atoms with Gasteiger partial charge in [0.1, 0.15) is 11.6 Å². The van der Waals surface area contributed by atoms with Crippen LogP contribution < -0.4 is 10.1 Å². The number of nitrogens with zero attached hydrogens (tertiary/aromatic N) is 1. The van der Waals surface area contributed by atoms with Crippen molar-refractivity contribution < 1.29 is 27.1 Å². The van der Waals surface area contributed by atoms with Gasteiger partial charge >= 0.3 is 6.36 Å². The summed E-state index contributed by atoms with van der Waals surface area (Å²) in [6.45, 7) is 1.37. The van der Waals surface area contributed by atoms with Gasteiger partial charge in [0.25, 0.3) is 0 Å². The van der Waals surface area contributed by atoms with Gasteiger partial charge in [0.05, 0.1) is 0 Å². The number of rotatable bonds is 8. The van der Waals surface area contributed by atoms with Gasteiger partial charge in [-0.3, -0.25) is 4.79 Å². The Kier molecular flexibility index (Phi) is 6.74. The highest BCUT2D eigenvalue weighted by Crippen LogP contribution is 2.26. The average Bonchev–Trinajstić information content (AvgIpc) is 3.00. The normalized spacial score (nSPS) is 17.0. The molecule has 1 unspecified atom stereocenters. The predicted molar refractivity (Wildman–Crippen MR) is 99.4 cm³/mol. The molecule has 0 saturated carbocycles. The number of halogens is 4. The summed E-state index contributed by atoms with van der Waals surface area (Å²) in [6, 6.07) is 12.1. The summed E-state index contributed by atoms with van der Waals surface area (Å²) in [4.78, 5) is 14.0. The van der Waals surface area contributed by atoms with E-state index in [1.807, 2.05) is 0 Å². The SMILES string of the molecule is O=C1CCC(CCNCc2ccccc2F)N1Cc1ccc(OC(F)(F)F)cc1. The van der Waals surface area contributed by atoms with E-state index in [2.05, 4.69) is 10.1 Å². The second-order valence-electron chi connectivity index (χ2n) is 6.96. The molecule has 1 aliphatic heterocycles. The quantitative estimate of drug-likeness (QED) is 0.518. The number of nitrogens with one attached hydrogen (secondary N) is 1. The van der Waals surface area contributed by atoms with E-state index in [0.29, 0.717) is 31.6 Å². The van der Waals surface area contributed by atoms with Crippen molar-refractivity contribution in [1.29, 1.82) is 0 Å². The number of likely N-dealkylation sites (tertiary alicyclic amines) is 1. The van der Waals surface area contributed by atoms with Gasteiger partial charge in [0.15, 0.2) is 0 Å². The third-order valence-electron chi connectivity index (χ3n) is 4.89. The molecular formula is C21H22F4N2O2. The van der Waals surface area contributed by atoms with Gasteiger partial charge in [-0.25, -0.2) is 4.39 Å². The van der Waals surface area contributed by atoms with Crippen molar-refractivity contribution in [3.63, 3.8) is 0 Å². The molecule has 1 heterocycles. The van der Waals surface area contributed by atoms with Crippen LogP contribution >= 0.6 is 0 Å². The molecule has 2 aromatic carbocycles. The second-order valence-corrected chi connectivity index (χ2v) is 6.96. The van der Waals surface area contributed by atoms with Crippen LogP contribution in [0.4, 0.5) is 17.6 Å². The minimum Gasteiger partial charge on any atom is -0.406 e. The van der Waals surface area contributed by atoms with Crippen molar-refractivity contribution in [3.8, 4) is 5.75 Å². The van der Waals surface area contributed by atoms with Crippen molar-refractivity contribution in [3.05, 3.63) is 65.5 Å². The van der Waals surface area contributed by atoms with Crippen molar-refractivity contribution in [2.24, 2.45) is 0 Å². The zero-order valence-electron chi connectivity index (χ0n) is 15.7. The van der Waals surface area contributed by atoms with E-state index in [9.17, 15) is 22.4 Å². The topological polar surface area (TPSA) is 41.6 Å². The van der Waals surface area contributed by atoms with Gasteiger partial charge in [-0.1, -0.05) is 30.3 Å². The molecule has 156 valence electrons. The minimum absolute atomic E-state index is 0.0275. The maximum atomic E-state index is 13.6. The van der Waals surface area contributed by atoms with Gasteiger partial charge in [-0.2, -0.15) is 0 Å². The lowest BCUT2D eigenvalue weighted by Gasteiger charge is -2.25. The number of carbonyl (C=O) groups excluding carboxylic acids is 1. The Morgan fingerprint density at radius 3 is 2.52 bits per heavy atom. The third kappa shape index (κ3) is 6.19. The van der Waals surface area contributed by atoms with Gasteiger partial charge in [0.2, 0.25) is 5.91 Å². The molecule has 0 spiro atoms.